The zero-order valence-corrected chi connectivity index (χ0v) is 19.4. The highest BCUT2D eigenvalue weighted by molar-refractivity contribution is 7.92. The van der Waals surface area contributed by atoms with E-state index < -0.39 is 16.1 Å². The minimum absolute atomic E-state index is 0.0432. The molecule has 12 heteroatoms. The van der Waals surface area contributed by atoms with Crippen LogP contribution in [-0.4, -0.2) is 29.0 Å². The number of fused-ring (bicyclic) bond motifs is 1. The Labute approximate surface area is 192 Å². The van der Waals surface area contributed by atoms with E-state index in [4.69, 9.17) is 0 Å². The number of benzene rings is 1. The summed E-state index contributed by atoms with van der Waals surface area (Å²) in [4.78, 5) is 35.2. The second-order valence-corrected chi connectivity index (χ2v) is 10.5. The van der Waals surface area contributed by atoms with Crippen LogP contribution in [0.5, 0.6) is 0 Å². The molecule has 1 aromatic carbocycles. The Kier molecular flexibility index (Phi) is 5.75. The third-order valence-electron chi connectivity index (χ3n) is 4.46. The minimum atomic E-state index is -3.97. The van der Waals surface area contributed by atoms with E-state index in [1.54, 1.807) is 38.1 Å². The Bertz CT molecular complexity index is 1510. The van der Waals surface area contributed by atoms with E-state index in [9.17, 15) is 18.0 Å². The van der Waals surface area contributed by atoms with Crippen molar-refractivity contribution >= 4 is 56.6 Å². The molecule has 0 saturated carbocycles. The number of carbonyl (C=O) groups excluding carboxylic acids is 1. The lowest BCUT2D eigenvalue weighted by Gasteiger charge is -2.11. The molecule has 2 amide bonds. The molecule has 3 heterocycles. The molecule has 32 heavy (non-hydrogen) atoms. The number of nitrogens with zero attached hydrogens (tertiary/aromatic N) is 3. The number of anilines is 1. The Hall–Kier alpha value is -3.22. The standard InChI is InChI=1S/C20H17N5O4S3/c1-11-3-8-18(31-11)32(28,29)24-20(27)23-13-4-7-17(21-10-13)25-12(2)22-16-6-5-14(30)9-15(16)19(25)26/h3-10,30H,1-2H3,(H2,23,24,27). The summed E-state index contributed by atoms with van der Waals surface area (Å²) in [6, 6.07) is 10.3. The first-order valence-corrected chi connectivity index (χ1v) is 12.0. The van der Waals surface area contributed by atoms with Crippen LogP contribution in [0, 0.1) is 13.8 Å². The van der Waals surface area contributed by atoms with Crippen molar-refractivity contribution in [2.75, 3.05) is 5.32 Å². The Balaban J connectivity index is 1.56. The Morgan fingerprint density at radius 1 is 1.12 bits per heavy atom. The van der Waals surface area contributed by atoms with Crippen molar-refractivity contribution in [1.82, 2.24) is 19.3 Å². The lowest BCUT2D eigenvalue weighted by atomic mass is 10.2. The van der Waals surface area contributed by atoms with E-state index in [2.05, 4.69) is 27.9 Å². The largest absolute Gasteiger partial charge is 0.333 e. The summed E-state index contributed by atoms with van der Waals surface area (Å²) in [6.07, 6.45) is 1.32. The number of nitrogens with one attached hydrogen (secondary N) is 2. The summed E-state index contributed by atoms with van der Waals surface area (Å²) < 4.78 is 27.9. The summed E-state index contributed by atoms with van der Waals surface area (Å²) in [5, 5.41) is 2.82. The smallest absolute Gasteiger partial charge is 0.306 e. The first kappa shape index (κ1) is 22.0. The van der Waals surface area contributed by atoms with Crippen LogP contribution in [0.2, 0.25) is 0 Å². The van der Waals surface area contributed by atoms with Gasteiger partial charge in [-0.3, -0.25) is 4.79 Å². The van der Waals surface area contributed by atoms with Crippen molar-refractivity contribution in [2.45, 2.75) is 23.0 Å². The highest BCUT2D eigenvalue weighted by Gasteiger charge is 2.19. The maximum atomic E-state index is 13.0. The second kappa shape index (κ2) is 8.37. The van der Waals surface area contributed by atoms with Gasteiger partial charge in [0.15, 0.2) is 0 Å². The number of hydrogen-bond donors (Lipinski definition) is 3. The quantitative estimate of drug-likeness (QED) is 0.380. The second-order valence-electron chi connectivity index (χ2n) is 6.83. The van der Waals surface area contributed by atoms with E-state index in [1.807, 2.05) is 4.72 Å². The summed E-state index contributed by atoms with van der Waals surface area (Å²) in [5.74, 6) is 0.747. The Morgan fingerprint density at radius 3 is 2.56 bits per heavy atom. The molecule has 0 aliphatic heterocycles. The monoisotopic (exact) mass is 487 g/mol. The SMILES string of the molecule is Cc1ccc(S(=O)(=O)NC(=O)Nc2ccc(-n3c(C)nc4ccc(S)cc4c3=O)nc2)s1. The zero-order valence-electron chi connectivity index (χ0n) is 16.9. The van der Waals surface area contributed by atoms with Gasteiger partial charge in [-0.1, -0.05) is 0 Å². The molecule has 2 N–H and O–H groups in total. The molecule has 9 nitrogen and oxygen atoms in total. The zero-order chi connectivity index (χ0) is 23.0. The van der Waals surface area contributed by atoms with Gasteiger partial charge in [0.25, 0.3) is 15.6 Å². The fourth-order valence-corrected chi connectivity index (χ4v) is 5.43. The number of rotatable bonds is 4. The summed E-state index contributed by atoms with van der Waals surface area (Å²) in [5.41, 5.74) is 0.506. The molecule has 0 bridgehead atoms. The lowest BCUT2D eigenvalue weighted by Crippen LogP contribution is -2.34. The van der Waals surface area contributed by atoms with Gasteiger partial charge in [0.2, 0.25) is 0 Å². The van der Waals surface area contributed by atoms with Crippen molar-refractivity contribution < 1.29 is 13.2 Å². The molecule has 0 fully saturated rings. The molecule has 0 aliphatic carbocycles. The predicted octanol–water partition coefficient (Wildman–Crippen LogP) is 3.26. The average Bonchev–Trinajstić information content (AvgIpc) is 3.17. The van der Waals surface area contributed by atoms with E-state index in [0.29, 0.717) is 27.4 Å². The summed E-state index contributed by atoms with van der Waals surface area (Å²) >= 11 is 5.34. The maximum Gasteiger partial charge on any atom is 0.333 e. The number of pyridine rings is 1. The van der Waals surface area contributed by atoms with Gasteiger partial charge < -0.3 is 5.32 Å². The van der Waals surface area contributed by atoms with Crippen LogP contribution < -0.4 is 15.6 Å². The van der Waals surface area contributed by atoms with E-state index >= 15 is 0 Å². The van der Waals surface area contributed by atoms with Gasteiger partial charge in [0, 0.05) is 9.77 Å². The third-order valence-corrected chi connectivity index (χ3v) is 7.56. The van der Waals surface area contributed by atoms with E-state index in [-0.39, 0.29) is 15.5 Å². The fourth-order valence-electron chi connectivity index (χ4n) is 3.03. The normalized spacial score (nSPS) is 11.5. The summed E-state index contributed by atoms with van der Waals surface area (Å²) in [7, 11) is -3.97. The number of aromatic nitrogens is 3. The molecular formula is C20H17N5O4S3. The number of thiophene rings is 1. The highest BCUT2D eigenvalue weighted by atomic mass is 32.2. The first-order chi connectivity index (χ1) is 15.1. The summed E-state index contributed by atoms with van der Waals surface area (Å²) in [6.45, 7) is 3.46. The molecule has 4 aromatic rings. The lowest BCUT2D eigenvalue weighted by molar-refractivity contribution is 0.256. The number of hydrogen-bond acceptors (Lipinski definition) is 8. The van der Waals surface area contributed by atoms with Gasteiger partial charge in [-0.2, -0.15) is 0 Å². The molecule has 0 spiro atoms. The van der Waals surface area contributed by atoms with Crippen LogP contribution >= 0.6 is 24.0 Å². The van der Waals surface area contributed by atoms with Gasteiger partial charge in [0.05, 0.1) is 22.8 Å². The maximum absolute atomic E-state index is 13.0. The molecule has 3 aromatic heterocycles. The number of sulfonamides is 1. The third kappa shape index (κ3) is 4.38. The van der Waals surface area contributed by atoms with Gasteiger partial charge in [0.1, 0.15) is 15.9 Å². The molecule has 164 valence electrons. The number of aryl methyl sites for hydroxylation is 2. The molecule has 0 aliphatic rings. The van der Waals surface area contributed by atoms with Crippen molar-refractivity contribution in [2.24, 2.45) is 0 Å². The minimum Gasteiger partial charge on any atom is -0.306 e. The molecule has 0 radical (unpaired) electrons. The molecule has 0 saturated heterocycles. The molecular weight excluding hydrogens is 470 g/mol. The average molecular weight is 488 g/mol. The van der Waals surface area contributed by atoms with E-state index in [0.717, 1.165) is 16.2 Å². The van der Waals surface area contributed by atoms with Crippen molar-refractivity contribution in [3.05, 3.63) is 69.7 Å². The number of carbonyl (C=O) groups is 1. The fraction of sp³-hybridized carbons (Fsp3) is 0.100. The van der Waals surface area contributed by atoms with Crippen LogP contribution in [-0.2, 0) is 10.0 Å². The van der Waals surface area contributed by atoms with Crippen LogP contribution in [0.4, 0.5) is 10.5 Å². The van der Waals surface area contributed by atoms with Gasteiger partial charge in [-0.25, -0.2) is 32.5 Å². The van der Waals surface area contributed by atoms with Gasteiger partial charge in [-0.05, 0) is 56.3 Å². The van der Waals surface area contributed by atoms with Crippen molar-refractivity contribution in [1.29, 1.82) is 0 Å². The number of urea groups is 1. The van der Waals surface area contributed by atoms with E-state index in [1.165, 1.54) is 29.0 Å². The predicted molar refractivity (Wildman–Crippen MR) is 126 cm³/mol. The van der Waals surface area contributed by atoms with Crippen molar-refractivity contribution in [3.63, 3.8) is 0 Å². The Morgan fingerprint density at radius 2 is 1.91 bits per heavy atom. The number of amides is 2. The number of thiol groups is 1. The van der Waals surface area contributed by atoms with Gasteiger partial charge in [-0.15, -0.1) is 24.0 Å². The van der Waals surface area contributed by atoms with Crippen LogP contribution in [0.1, 0.15) is 10.7 Å². The molecule has 0 atom stereocenters. The topological polar surface area (TPSA) is 123 Å². The van der Waals surface area contributed by atoms with Gasteiger partial charge >= 0.3 is 6.03 Å². The molecule has 0 unspecified atom stereocenters. The van der Waals surface area contributed by atoms with Crippen molar-refractivity contribution in [3.8, 4) is 5.82 Å². The van der Waals surface area contributed by atoms with Crippen LogP contribution in [0.25, 0.3) is 16.7 Å². The van der Waals surface area contributed by atoms with Crippen LogP contribution in [0.3, 0.4) is 0 Å². The highest BCUT2D eigenvalue weighted by Crippen LogP contribution is 2.20. The van der Waals surface area contributed by atoms with Crippen LogP contribution in [0.15, 0.2) is 62.6 Å². The first-order valence-electron chi connectivity index (χ1n) is 9.23. The molecule has 4 rings (SSSR count).